The third-order valence-electron chi connectivity index (χ3n) is 3.76. The number of nitrogens with zero attached hydrogens (tertiary/aromatic N) is 2. The molecular formula is C18H16N2O2. The molecule has 110 valence electrons. The molecular weight excluding hydrogens is 276 g/mol. The molecule has 0 saturated carbocycles. The van der Waals surface area contributed by atoms with Crippen LogP contribution in [0.2, 0.25) is 0 Å². The van der Waals surface area contributed by atoms with Gasteiger partial charge in [-0.3, -0.25) is 10.1 Å². The maximum absolute atomic E-state index is 10.8. The SMILES string of the molecule is Cc1ccc(-c2ccc([N+](=O)[O-])cc2)n1Cc1ccccc1. The van der Waals surface area contributed by atoms with Gasteiger partial charge in [0, 0.05) is 30.1 Å². The van der Waals surface area contributed by atoms with E-state index >= 15 is 0 Å². The first-order chi connectivity index (χ1) is 10.6. The summed E-state index contributed by atoms with van der Waals surface area (Å²) in [4.78, 5) is 10.4. The van der Waals surface area contributed by atoms with E-state index in [1.807, 2.05) is 18.2 Å². The van der Waals surface area contributed by atoms with Gasteiger partial charge in [0.2, 0.25) is 0 Å². The van der Waals surface area contributed by atoms with Crippen LogP contribution in [0, 0.1) is 17.0 Å². The molecule has 0 aliphatic heterocycles. The molecule has 0 fully saturated rings. The minimum absolute atomic E-state index is 0.113. The van der Waals surface area contributed by atoms with E-state index in [4.69, 9.17) is 0 Å². The molecule has 0 saturated heterocycles. The Hall–Kier alpha value is -2.88. The van der Waals surface area contributed by atoms with Gasteiger partial charge in [-0.25, -0.2) is 0 Å². The monoisotopic (exact) mass is 292 g/mol. The zero-order valence-electron chi connectivity index (χ0n) is 12.3. The van der Waals surface area contributed by atoms with Crippen molar-refractivity contribution in [3.05, 3.63) is 88.1 Å². The molecule has 0 spiro atoms. The number of rotatable bonds is 4. The van der Waals surface area contributed by atoms with Crippen molar-refractivity contribution >= 4 is 5.69 Å². The number of nitro benzene ring substituents is 1. The fourth-order valence-corrected chi connectivity index (χ4v) is 2.55. The highest BCUT2D eigenvalue weighted by Gasteiger charge is 2.10. The Morgan fingerprint density at radius 3 is 2.27 bits per heavy atom. The highest BCUT2D eigenvalue weighted by molar-refractivity contribution is 5.62. The summed E-state index contributed by atoms with van der Waals surface area (Å²) >= 11 is 0. The smallest absolute Gasteiger partial charge is 0.269 e. The van der Waals surface area contributed by atoms with E-state index in [1.165, 1.54) is 5.56 Å². The van der Waals surface area contributed by atoms with Crippen LogP contribution < -0.4 is 0 Å². The number of hydrogen-bond donors (Lipinski definition) is 0. The van der Waals surface area contributed by atoms with Crippen LogP contribution in [0.3, 0.4) is 0 Å². The summed E-state index contributed by atoms with van der Waals surface area (Å²) in [7, 11) is 0. The summed E-state index contributed by atoms with van der Waals surface area (Å²) in [6.45, 7) is 2.85. The molecule has 0 atom stereocenters. The van der Waals surface area contributed by atoms with Crippen molar-refractivity contribution in [2.24, 2.45) is 0 Å². The Morgan fingerprint density at radius 2 is 1.64 bits per heavy atom. The van der Waals surface area contributed by atoms with Gasteiger partial charge in [-0.05, 0) is 42.3 Å². The molecule has 0 bridgehead atoms. The van der Waals surface area contributed by atoms with Crippen molar-refractivity contribution in [1.29, 1.82) is 0 Å². The van der Waals surface area contributed by atoms with Crippen LogP contribution in [0.5, 0.6) is 0 Å². The zero-order valence-corrected chi connectivity index (χ0v) is 12.3. The lowest BCUT2D eigenvalue weighted by Gasteiger charge is -2.12. The van der Waals surface area contributed by atoms with E-state index in [-0.39, 0.29) is 10.6 Å². The van der Waals surface area contributed by atoms with Gasteiger partial charge in [-0.15, -0.1) is 0 Å². The van der Waals surface area contributed by atoms with Crippen molar-refractivity contribution in [2.75, 3.05) is 0 Å². The van der Waals surface area contributed by atoms with E-state index in [0.717, 1.165) is 23.5 Å². The van der Waals surface area contributed by atoms with Crippen LogP contribution in [0.4, 0.5) is 5.69 Å². The number of aromatic nitrogens is 1. The van der Waals surface area contributed by atoms with Gasteiger partial charge in [0.05, 0.1) is 4.92 Å². The Morgan fingerprint density at radius 1 is 0.955 bits per heavy atom. The molecule has 0 aliphatic rings. The number of nitro groups is 1. The summed E-state index contributed by atoms with van der Waals surface area (Å²) in [6.07, 6.45) is 0. The van der Waals surface area contributed by atoms with Crippen molar-refractivity contribution in [2.45, 2.75) is 13.5 Å². The van der Waals surface area contributed by atoms with Crippen LogP contribution in [0.15, 0.2) is 66.7 Å². The summed E-state index contributed by atoms with van der Waals surface area (Å²) in [5.41, 5.74) is 4.55. The molecule has 0 unspecified atom stereocenters. The number of benzene rings is 2. The molecule has 0 radical (unpaired) electrons. The molecule has 2 aromatic carbocycles. The van der Waals surface area contributed by atoms with E-state index in [0.29, 0.717) is 0 Å². The fraction of sp³-hybridized carbons (Fsp3) is 0.111. The maximum Gasteiger partial charge on any atom is 0.269 e. The summed E-state index contributed by atoms with van der Waals surface area (Å²) < 4.78 is 2.22. The van der Waals surface area contributed by atoms with Crippen LogP contribution in [0.1, 0.15) is 11.3 Å². The first-order valence-corrected chi connectivity index (χ1v) is 7.10. The molecule has 0 aliphatic carbocycles. The minimum Gasteiger partial charge on any atom is -0.340 e. The van der Waals surface area contributed by atoms with Crippen molar-refractivity contribution in [1.82, 2.24) is 4.57 Å². The second-order valence-electron chi connectivity index (χ2n) is 5.24. The molecule has 0 N–H and O–H groups in total. The molecule has 1 aromatic heterocycles. The molecule has 0 amide bonds. The molecule has 4 nitrogen and oxygen atoms in total. The first kappa shape index (κ1) is 14.1. The van der Waals surface area contributed by atoms with Crippen LogP contribution in [0.25, 0.3) is 11.3 Å². The largest absolute Gasteiger partial charge is 0.340 e. The quantitative estimate of drug-likeness (QED) is 0.528. The second-order valence-corrected chi connectivity index (χ2v) is 5.24. The van der Waals surface area contributed by atoms with E-state index in [1.54, 1.807) is 24.3 Å². The van der Waals surface area contributed by atoms with Crippen molar-refractivity contribution in [3.63, 3.8) is 0 Å². The first-order valence-electron chi connectivity index (χ1n) is 7.10. The average Bonchev–Trinajstić information content (AvgIpc) is 2.89. The highest BCUT2D eigenvalue weighted by atomic mass is 16.6. The minimum atomic E-state index is -0.377. The highest BCUT2D eigenvalue weighted by Crippen LogP contribution is 2.25. The van der Waals surface area contributed by atoms with Gasteiger partial charge in [0.15, 0.2) is 0 Å². The fourth-order valence-electron chi connectivity index (χ4n) is 2.55. The molecule has 4 heteroatoms. The van der Waals surface area contributed by atoms with Crippen LogP contribution in [-0.4, -0.2) is 9.49 Å². The van der Waals surface area contributed by atoms with Crippen molar-refractivity contribution in [3.8, 4) is 11.3 Å². The summed E-state index contributed by atoms with van der Waals surface area (Å²) in [6, 6.07) is 21.1. The lowest BCUT2D eigenvalue weighted by molar-refractivity contribution is -0.384. The Balaban J connectivity index is 1.96. The van der Waals surface area contributed by atoms with Gasteiger partial charge in [0.25, 0.3) is 5.69 Å². The topological polar surface area (TPSA) is 48.1 Å². The van der Waals surface area contributed by atoms with Crippen LogP contribution in [-0.2, 0) is 6.54 Å². The predicted molar refractivity (Wildman–Crippen MR) is 86.8 cm³/mol. The summed E-state index contributed by atoms with van der Waals surface area (Å²) in [5, 5.41) is 10.8. The van der Waals surface area contributed by atoms with Gasteiger partial charge in [0.1, 0.15) is 0 Å². The predicted octanol–water partition coefficient (Wildman–Crippen LogP) is 4.42. The third-order valence-corrected chi connectivity index (χ3v) is 3.76. The Bertz CT molecular complexity index is 790. The van der Waals surface area contributed by atoms with E-state index in [9.17, 15) is 10.1 Å². The number of aryl methyl sites for hydroxylation is 1. The second kappa shape index (κ2) is 5.85. The average molecular weight is 292 g/mol. The summed E-state index contributed by atoms with van der Waals surface area (Å²) in [5.74, 6) is 0. The normalized spacial score (nSPS) is 10.6. The number of non-ortho nitro benzene ring substituents is 1. The van der Waals surface area contributed by atoms with Gasteiger partial charge in [-0.1, -0.05) is 30.3 Å². The number of hydrogen-bond acceptors (Lipinski definition) is 2. The zero-order chi connectivity index (χ0) is 15.5. The molecule has 3 rings (SSSR count). The van der Waals surface area contributed by atoms with E-state index in [2.05, 4.69) is 35.8 Å². The molecule has 1 heterocycles. The lowest BCUT2D eigenvalue weighted by Crippen LogP contribution is -2.03. The lowest BCUT2D eigenvalue weighted by atomic mass is 10.1. The van der Waals surface area contributed by atoms with Crippen molar-refractivity contribution < 1.29 is 4.92 Å². The van der Waals surface area contributed by atoms with Gasteiger partial charge >= 0.3 is 0 Å². The Labute approximate surface area is 128 Å². The Kier molecular flexibility index (Phi) is 3.74. The molecule has 3 aromatic rings. The van der Waals surface area contributed by atoms with Crippen LogP contribution >= 0.6 is 0 Å². The third kappa shape index (κ3) is 2.76. The maximum atomic E-state index is 10.8. The standard InChI is InChI=1S/C18H16N2O2/c1-14-7-12-18(16-8-10-17(11-9-16)20(21)22)19(14)13-15-5-3-2-4-6-15/h2-12H,13H2,1H3. The van der Waals surface area contributed by atoms with Gasteiger partial charge < -0.3 is 4.57 Å². The van der Waals surface area contributed by atoms with E-state index < -0.39 is 0 Å². The van der Waals surface area contributed by atoms with Gasteiger partial charge in [-0.2, -0.15) is 0 Å². The molecule has 22 heavy (non-hydrogen) atoms.